The largest absolute Gasteiger partial charge is 0.483 e. The molecule has 21 heteroatoms. The number of phosphoric ester groups is 2. The topological polar surface area (TPSA) is 277 Å². The van der Waals surface area contributed by atoms with Gasteiger partial charge < -0.3 is 44.8 Å². The number of halogens is 1. The van der Waals surface area contributed by atoms with Gasteiger partial charge in [-0.15, -0.1) is 0 Å². The van der Waals surface area contributed by atoms with Crippen LogP contribution in [-0.4, -0.2) is 107 Å². The van der Waals surface area contributed by atoms with Gasteiger partial charge in [-0.2, -0.15) is 4.31 Å². The average molecular weight is 568 g/mol. The van der Waals surface area contributed by atoms with E-state index in [1.807, 2.05) is 4.98 Å². The Balaban J connectivity index is 1.61. The van der Waals surface area contributed by atoms with Gasteiger partial charge in [-0.1, -0.05) is 0 Å². The highest BCUT2D eigenvalue weighted by atomic mass is 31.3. The standard InChI is InChI=1S/C15H23FN2O16P2/c16-8-11(23)9(21)5(3-19)32-14(8)33-36(28,29)34-35(26,27)30-4-6-10(22)12(24)13(31-6)18-2-1-7(20)17-15(18)25/h1-2,5-6,8-14,19,21-24H,3-4H2,(H,26,27)(H,28,29)(H,17,20,25)/t5-,6-,8-,9-,10-,11-,12-,13-,14-/m1/s1. The van der Waals surface area contributed by atoms with Gasteiger partial charge in [0.25, 0.3) is 5.56 Å². The zero-order valence-corrected chi connectivity index (χ0v) is 19.6. The molecule has 0 aromatic carbocycles. The molecule has 2 fully saturated rings. The molecule has 3 heterocycles. The van der Waals surface area contributed by atoms with Crippen LogP contribution in [0.1, 0.15) is 6.23 Å². The molecule has 2 aliphatic heterocycles. The van der Waals surface area contributed by atoms with Crippen molar-refractivity contribution < 1.29 is 71.7 Å². The number of nitrogens with zero attached hydrogens (tertiary/aromatic N) is 1. The number of aromatic amines is 1. The molecule has 0 amide bonds. The van der Waals surface area contributed by atoms with Gasteiger partial charge in [-0.25, -0.2) is 18.3 Å². The monoisotopic (exact) mass is 568 g/mol. The molecule has 2 saturated heterocycles. The Hall–Kier alpha value is -1.41. The van der Waals surface area contributed by atoms with Crippen molar-refractivity contribution in [1.29, 1.82) is 0 Å². The lowest BCUT2D eigenvalue weighted by molar-refractivity contribution is -0.265. The van der Waals surface area contributed by atoms with Crippen molar-refractivity contribution in [2.24, 2.45) is 0 Å². The van der Waals surface area contributed by atoms with Gasteiger partial charge in [-0.05, 0) is 0 Å². The molecule has 36 heavy (non-hydrogen) atoms. The van der Waals surface area contributed by atoms with Crippen LogP contribution in [0.3, 0.4) is 0 Å². The zero-order chi connectivity index (χ0) is 27.0. The van der Waals surface area contributed by atoms with E-state index in [0.29, 0.717) is 4.57 Å². The van der Waals surface area contributed by atoms with Crippen molar-refractivity contribution in [3.63, 3.8) is 0 Å². The lowest BCUT2D eigenvalue weighted by atomic mass is 10.0. The summed E-state index contributed by atoms with van der Waals surface area (Å²) < 4.78 is 61.7. The summed E-state index contributed by atoms with van der Waals surface area (Å²) in [7, 11) is -11.2. The Morgan fingerprint density at radius 2 is 1.64 bits per heavy atom. The third kappa shape index (κ3) is 6.53. The van der Waals surface area contributed by atoms with E-state index >= 15 is 0 Å². The van der Waals surface area contributed by atoms with Crippen LogP contribution >= 0.6 is 15.6 Å². The summed E-state index contributed by atoms with van der Waals surface area (Å²) in [4.78, 5) is 44.4. The molecule has 11 atom stereocenters. The first-order valence-corrected chi connectivity index (χ1v) is 12.9. The molecule has 0 aliphatic carbocycles. The van der Waals surface area contributed by atoms with Gasteiger partial charge in [0.1, 0.15) is 36.6 Å². The zero-order valence-electron chi connectivity index (χ0n) is 17.8. The summed E-state index contributed by atoms with van der Waals surface area (Å²) >= 11 is 0. The second kappa shape index (κ2) is 11.1. The lowest BCUT2D eigenvalue weighted by Gasteiger charge is -2.38. The van der Waals surface area contributed by atoms with Crippen molar-refractivity contribution in [2.45, 2.75) is 55.3 Å². The number of H-pyrrole nitrogens is 1. The van der Waals surface area contributed by atoms with E-state index in [2.05, 4.69) is 13.4 Å². The van der Waals surface area contributed by atoms with E-state index in [0.717, 1.165) is 12.3 Å². The third-order valence-corrected chi connectivity index (χ3v) is 7.71. The quantitative estimate of drug-likeness (QED) is 0.133. The number of nitrogens with one attached hydrogen (secondary N) is 1. The minimum Gasteiger partial charge on any atom is -0.394 e. The molecule has 0 spiro atoms. The van der Waals surface area contributed by atoms with Gasteiger partial charge in [0.15, 0.2) is 12.4 Å². The molecule has 1 aromatic rings. The van der Waals surface area contributed by atoms with Crippen molar-refractivity contribution in [2.75, 3.05) is 13.2 Å². The second-order valence-electron chi connectivity index (χ2n) is 7.63. The molecular formula is C15H23FN2O16P2. The number of hydrogen-bond donors (Lipinski definition) is 8. The fourth-order valence-corrected chi connectivity index (χ4v) is 5.48. The highest BCUT2D eigenvalue weighted by Crippen LogP contribution is 2.61. The molecule has 0 saturated carbocycles. The highest BCUT2D eigenvalue weighted by Gasteiger charge is 2.50. The second-order valence-corrected chi connectivity index (χ2v) is 10.6. The highest BCUT2D eigenvalue weighted by molar-refractivity contribution is 7.61. The van der Waals surface area contributed by atoms with Crippen LogP contribution in [0.15, 0.2) is 21.9 Å². The first kappa shape index (κ1) is 29.2. The van der Waals surface area contributed by atoms with Crippen LogP contribution in [-0.2, 0) is 32.0 Å². The number of aliphatic hydroxyl groups is 5. The summed E-state index contributed by atoms with van der Waals surface area (Å²) in [6.45, 7) is -2.01. The number of rotatable bonds is 9. The number of hydrogen-bond acceptors (Lipinski definition) is 14. The van der Waals surface area contributed by atoms with Gasteiger partial charge in [0.05, 0.1) is 13.2 Å². The van der Waals surface area contributed by atoms with Gasteiger partial charge in [-0.3, -0.25) is 23.4 Å². The van der Waals surface area contributed by atoms with Crippen LogP contribution in [0.5, 0.6) is 0 Å². The van der Waals surface area contributed by atoms with E-state index in [1.165, 1.54) is 0 Å². The van der Waals surface area contributed by atoms with Crippen LogP contribution < -0.4 is 11.2 Å². The van der Waals surface area contributed by atoms with Crippen LogP contribution in [0.25, 0.3) is 0 Å². The predicted octanol–water partition coefficient (Wildman–Crippen LogP) is -3.82. The van der Waals surface area contributed by atoms with Crippen molar-refractivity contribution in [3.05, 3.63) is 33.1 Å². The maximum absolute atomic E-state index is 14.1. The molecular weight excluding hydrogens is 545 g/mol. The van der Waals surface area contributed by atoms with E-state index in [-0.39, 0.29) is 0 Å². The number of aromatic nitrogens is 2. The fraction of sp³-hybridized carbons (Fsp3) is 0.733. The van der Waals surface area contributed by atoms with E-state index in [1.54, 1.807) is 0 Å². The van der Waals surface area contributed by atoms with Crippen molar-refractivity contribution in [3.8, 4) is 0 Å². The summed E-state index contributed by atoms with van der Waals surface area (Å²) in [5.74, 6) is 0. The summed E-state index contributed by atoms with van der Waals surface area (Å²) in [5, 5.41) is 48.5. The molecule has 2 unspecified atom stereocenters. The Kier molecular flexibility index (Phi) is 9.02. The van der Waals surface area contributed by atoms with Crippen molar-refractivity contribution in [1.82, 2.24) is 9.55 Å². The minimum atomic E-state index is -5.67. The predicted molar refractivity (Wildman–Crippen MR) is 108 cm³/mol. The Labute approximate surface area is 199 Å². The van der Waals surface area contributed by atoms with Gasteiger partial charge in [0, 0.05) is 12.3 Å². The number of ether oxygens (including phenoxy) is 2. The van der Waals surface area contributed by atoms with E-state index in [9.17, 15) is 53.3 Å². The van der Waals surface area contributed by atoms with Gasteiger partial charge >= 0.3 is 21.3 Å². The Morgan fingerprint density at radius 3 is 2.25 bits per heavy atom. The molecule has 8 N–H and O–H groups in total. The van der Waals surface area contributed by atoms with E-state index in [4.69, 9.17) is 14.6 Å². The normalized spacial score (nSPS) is 38.4. The van der Waals surface area contributed by atoms with Crippen LogP contribution in [0.2, 0.25) is 0 Å². The third-order valence-electron chi connectivity index (χ3n) is 5.11. The molecule has 1 aromatic heterocycles. The number of alkyl halides is 1. The molecule has 0 bridgehead atoms. The van der Waals surface area contributed by atoms with Crippen LogP contribution in [0.4, 0.5) is 4.39 Å². The number of phosphoric acid groups is 2. The van der Waals surface area contributed by atoms with Crippen molar-refractivity contribution >= 4 is 15.6 Å². The maximum Gasteiger partial charge on any atom is 0.483 e. The Morgan fingerprint density at radius 1 is 1.00 bits per heavy atom. The molecule has 0 radical (unpaired) electrons. The SMILES string of the molecule is O=c1ccn([C@@H]2O[C@H](COP(=O)(O)OP(=O)(O)O[C@H]3O[C@H](CO)[C@@H](O)[C@H](O)[C@H]3F)[C@@H](O)[C@H]2O)c(=O)[nH]1. The Bertz CT molecular complexity index is 1130. The average Bonchev–Trinajstić information content (AvgIpc) is 3.06. The lowest BCUT2D eigenvalue weighted by Crippen LogP contribution is -2.57. The summed E-state index contributed by atoms with van der Waals surface area (Å²) in [6, 6.07) is 0.919. The van der Waals surface area contributed by atoms with Crippen LogP contribution in [0, 0.1) is 0 Å². The first-order chi connectivity index (χ1) is 16.7. The molecule has 3 rings (SSSR count). The summed E-state index contributed by atoms with van der Waals surface area (Å²) in [6.07, 6.45) is -16.6. The molecule has 206 valence electrons. The summed E-state index contributed by atoms with van der Waals surface area (Å²) in [5.41, 5.74) is -1.76. The molecule has 2 aliphatic rings. The number of aliphatic hydroxyl groups excluding tert-OH is 5. The fourth-order valence-electron chi connectivity index (χ4n) is 3.33. The molecule has 18 nitrogen and oxygen atoms in total. The van der Waals surface area contributed by atoms with Gasteiger partial charge in [0.2, 0.25) is 6.29 Å². The minimum absolute atomic E-state index is 0.711. The first-order valence-electron chi connectivity index (χ1n) is 9.95. The smallest absolute Gasteiger partial charge is 0.394 e. The van der Waals surface area contributed by atoms with E-state index < -0.39 is 95.4 Å². The maximum atomic E-state index is 14.1.